The van der Waals surface area contributed by atoms with E-state index in [-0.39, 0.29) is 12.6 Å². The number of nitrogens with one attached hydrogen (secondary N) is 2. The van der Waals surface area contributed by atoms with Crippen LogP contribution in [0.5, 0.6) is 0 Å². The molecule has 1 unspecified atom stereocenters. The highest BCUT2D eigenvalue weighted by molar-refractivity contribution is 5.74. The molecule has 3 rings (SSSR count). The van der Waals surface area contributed by atoms with Crippen molar-refractivity contribution in [2.24, 2.45) is 0 Å². The minimum Gasteiger partial charge on any atom is -0.377 e. The van der Waals surface area contributed by atoms with Gasteiger partial charge in [-0.05, 0) is 25.0 Å². The van der Waals surface area contributed by atoms with Crippen molar-refractivity contribution in [1.82, 2.24) is 20.2 Å². The van der Waals surface area contributed by atoms with E-state index in [1.807, 2.05) is 29.2 Å². The lowest BCUT2D eigenvalue weighted by molar-refractivity contribution is -0.0861. The van der Waals surface area contributed by atoms with Gasteiger partial charge in [0.15, 0.2) is 0 Å². The number of aliphatic hydroxyl groups is 3. The Bertz CT molecular complexity index is 568. The second-order valence-corrected chi connectivity index (χ2v) is 5.30. The van der Waals surface area contributed by atoms with Crippen LogP contribution in [0.25, 0.3) is 11.0 Å². The molecule has 1 aliphatic heterocycles. The van der Waals surface area contributed by atoms with Crippen LogP contribution < -0.4 is 5.32 Å². The molecule has 21 heavy (non-hydrogen) atoms. The van der Waals surface area contributed by atoms with Crippen LogP contribution in [0.15, 0.2) is 24.3 Å². The summed E-state index contributed by atoms with van der Waals surface area (Å²) in [5.74, 6) is 0.845. The number of benzene rings is 1. The van der Waals surface area contributed by atoms with Crippen LogP contribution >= 0.6 is 0 Å². The zero-order valence-corrected chi connectivity index (χ0v) is 11.6. The molecular formula is C14H20N4O3. The maximum absolute atomic E-state index is 10.2. The van der Waals surface area contributed by atoms with E-state index in [0.717, 1.165) is 36.2 Å². The molecule has 2 heterocycles. The smallest absolute Gasteiger partial charge is 0.211 e. The Labute approximate surface area is 122 Å². The fraction of sp³-hybridized carbons (Fsp3) is 0.500. The number of rotatable bonds is 5. The minimum absolute atomic E-state index is 0.0186. The van der Waals surface area contributed by atoms with Crippen LogP contribution in [0.3, 0.4) is 0 Å². The van der Waals surface area contributed by atoms with Crippen LogP contribution in [0.1, 0.15) is 24.7 Å². The van der Waals surface area contributed by atoms with Crippen molar-refractivity contribution in [3.8, 4) is 0 Å². The summed E-state index contributed by atoms with van der Waals surface area (Å²) >= 11 is 0. The molecule has 0 saturated carbocycles. The first-order valence-corrected chi connectivity index (χ1v) is 7.13. The Morgan fingerprint density at radius 1 is 1.33 bits per heavy atom. The molecule has 114 valence electrons. The molecule has 1 aromatic heterocycles. The van der Waals surface area contributed by atoms with Crippen LogP contribution in [0.2, 0.25) is 0 Å². The first-order chi connectivity index (χ1) is 10.1. The molecule has 7 nitrogen and oxygen atoms in total. The van der Waals surface area contributed by atoms with E-state index in [1.165, 1.54) is 0 Å². The summed E-state index contributed by atoms with van der Waals surface area (Å²) < 4.78 is 0. The molecule has 1 aliphatic rings. The summed E-state index contributed by atoms with van der Waals surface area (Å²) in [7, 11) is 0. The summed E-state index contributed by atoms with van der Waals surface area (Å²) in [6, 6.07) is 7.85. The summed E-state index contributed by atoms with van der Waals surface area (Å²) in [4.78, 5) is 9.82. The summed E-state index contributed by atoms with van der Waals surface area (Å²) in [6.07, 6.45) is -0.515. The number of hydrogen-bond acceptors (Lipinski definition) is 6. The van der Waals surface area contributed by atoms with E-state index in [0.29, 0.717) is 0 Å². The molecule has 0 amide bonds. The number of H-pyrrole nitrogens is 1. The van der Waals surface area contributed by atoms with E-state index in [2.05, 4.69) is 15.3 Å². The third-order valence-corrected chi connectivity index (χ3v) is 3.88. The molecule has 0 aliphatic carbocycles. The van der Waals surface area contributed by atoms with Crippen LogP contribution in [-0.4, -0.2) is 55.9 Å². The number of para-hydroxylation sites is 2. The fourth-order valence-electron chi connectivity index (χ4n) is 2.90. The number of imidazole rings is 1. The molecule has 0 spiro atoms. The highest BCUT2D eigenvalue weighted by atomic mass is 16.5. The normalized spacial score (nSPS) is 21.4. The van der Waals surface area contributed by atoms with E-state index in [4.69, 9.17) is 10.2 Å². The highest BCUT2D eigenvalue weighted by Crippen LogP contribution is 2.32. The van der Waals surface area contributed by atoms with Crippen LogP contribution in [0, 0.1) is 0 Å². The number of aromatic amines is 1. The van der Waals surface area contributed by atoms with Gasteiger partial charge in [-0.25, -0.2) is 4.98 Å². The monoisotopic (exact) mass is 292 g/mol. The van der Waals surface area contributed by atoms with Crippen molar-refractivity contribution in [2.75, 3.05) is 13.1 Å². The van der Waals surface area contributed by atoms with Crippen LogP contribution in [-0.2, 0) is 0 Å². The third-order valence-electron chi connectivity index (χ3n) is 3.88. The quantitative estimate of drug-likeness (QED) is 0.492. The molecule has 1 aromatic carbocycles. The predicted octanol–water partition coefficient (Wildman–Crippen LogP) is -0.124. The van der Waals surface area contributed by atoms with E-state index in [9.17, 15) is 5.11 Å². The molecular weight excluding hydrogens is 272 g/mol. The first-order valence-electron chi connectivity index (χ1n) is 7.13. The standard InChI is InChI=1S/C14H20N4O3/c19-12(8-15-14(20)21)18-7-3-6-11(18)13-16-9-4-1-2-5-10(9)17-13/h1-2,4-5,11-12,14-15,19-21H,3,6-8H2,(H,16,17)/t11-,12?/m0/s1. The number of fused-ring (bicyclic) bond motifs is 1. The Morgan fingerprint density at radius 2 is 2.14 bits per heavy atom. The molecule has 2 atom stereocenters. The van der Waals surface area contributed by atoms with Crippen molar-refractivity contribution in [1.29, 1.82) is 0 Å². The predicted molar refractivity (Wildman–Crippen MR) is 77.0 cm³/mol. The topological polar surface area (TPSA) is 105 Å². The average Bonchev–Trinajstić information content (AvgIpc) is 3.10. The van der Waals surface area contributed by atoms with Gasteiger partial charge >= 0.3 is 0 Å². The Kier molecular flexibility index (Phi) is 4.18. The molecule has 5 N–H and O–H groups in total. The van der Waals surface area contributed by atoms with Crippen molar-refractivity contribution in [3.63, 3.8) is 0 Å². The fourth-order valence-corrected chi connectivity index (χ4v) is 2.90. The van der Waals surface area contributed by atoms with Gasteiger partial charge in [-0.2, -0.15) is 0 Å². The Balaban J connectivity index is 1.76. The van der Waals surface area contributed by atoms with Crippen molar-refractivity contribution in [2.45, 2.75) is 31.5 Å². The summed E-state index contributed by atoms with van der Waals surface area (Å²) in [5, 5.41) is 30.3. The molecule has 0 bridgehead atoms. The minimum atomic E-state index is -1.62. The van der Waals surface area contributed by atoms with Crippen molar-refractivity contribution < 1.29 is 15.3 Å². The average molecular weight is 292 g/mol. The molecule has 0 radical (unpaired) electrons. The molecule has 1 saturated heterocycles. The van der Waals surface area contributed by atoms with E-state index in [1.54, 1.807) is 0 Å². The lowest BCUT2D eigenvalue weighted by Gasteiger charge is -2.28. The number of aliphatic hydroxyl groups excluding tert-OH is 2. The molecule has 1 fully saturated rings. The lowest BCUT2D eigenvalue weighted by Crippen LogP contribution is -2.44. The number of aromatic nitrogens is 2. The number of nitrogens with zero attached hydrogens (tertiary/aromatic N) is 2. The largest absolute Gasteiger partial charge is 0.377 e. The summed E-state index contributed by atoms with van der Waals surface area (Å²) in [6.45, 7) is 0.848. The van der Waals surface area contributed by atoms with Gasteiger partial charge < -0.3 is 20.3 Å². The molecule has 7 heteroatoms. The van der Waals surface area contributed by atoms with Gasteiger partial charge in [-0.15, -0.1) is 0 Å². The Hall–Kier alpha value is -1.51. The number of hydrogen-bond donors (Lipinski definition) is 5. The lowest BCUT2D eigenvalue weighted by atomic mass is 10.2. The van der Waals surface area contributed by atoms with Gasteiger partial charge in [0.05, 0.1) is 17.1 Å². The van der Waals surface area contributed by atoms with Gasteiger partial charge in [-0.3, -0.25) is 10.2 Å². The zero-order valence-electron chi connectivity index (χ0n) is 11.6. The number of likely N-dealkylation sites (tertiary alicyclic amines) is 1. The third kappa shape index (κ3) is 3.07. The van der Waals surface area contributed by atoms with Gasteiger partial charge in [0.1, 0.15) is 12.1 Å². The van der Waals surface area contributed by atoms with Crippen molar-refractivity contribution >= 4 is 11.0 Å². The SMILES string of the molecule is OC(O)NCC(O)N1CCC[C@H]1c1nc2ccccc2[nH]1. The highest BCUT2D eigenvalue weighted by Gasteiger charge is 2.32. The maximum atomic E-state index is 10.2. The second-order valence-electron chi connectivity index (χ2n) is 5.30. The van der Waals surface area contributed by atoms with E-state index < -0.39 is 12.6 Å². The van der Waals surface area contributed by atoms with Gasteiger partial charge in [0, 0.05) is 13.1 Å². The van der Waals surface area contributed by atoms with Crippen molar-refractivity contribution in [3.05, 3.63) is 30.1 Å². The summed E-state index contributed by atoms with van der Waals surface area (Å²) in [5.41, 5.74) is 1.90. The van der Waals surface area contributed by atoms with Gasteiger partial charge in [-0.1, -0.05) is 12.1 Å². The Morgan fingerprint density at radius 3 is 2.90 bits per heavy atom. The van der Waals surface area contributed by atoms with Crippen LogP contribution in [0.4, 0.5) is 0 Å². The van der Waals surface area contributed by atoms with Gasteiger partial charge in [0.25, 0.3) is 0 Å². The molecule has 2 aromatic rings. The van der Waals surface area contributed by atoms with Gasteiger partial charge in [0.2, 0.25) is 6.41 Å². The maximum Gasteiger partial charge on any atom is 0.211 e. The second kappa shape index (κ2) is 6.08. The zero-order chi connectivity index (χ0) is 14.8. The van der Waals surface area contributed by atoms with E-state index >= 15 is 0 Å². The first kappa shape index (κ1) is 14.4.